The van der Waals surface area contributed by atoms with E-state index in [4.69, 9.17) is 0 Å². The molecule has 0 bridgehead atoms. The van der Waals surface area contributed by atoms with E-state index in [1.54, 1.807) is 35.0 Å². The maximum Gasteiger partial charge on any atom is 0.257 e. The predicted octanol–water partition coefficient (Wildman–Crippen LogP) is 1.51. The molecule has 0 spiro atoms. The van der Waals surface area contributed by atoms with E-state index in [2.05, 4.69) is 5.10 Å². The molecule has 2 atom stereocenters. The third-order valence-electron chi connectivity index (χ3n) is 3.75. The molecule has 5 nitrogen and oxygen atoms in total. The normalized spacial score (nSPS) is 21.8. The van der Waals surface area contributed by atoms with Crippen LogP contribution in [-0.2, 0) is 7.05 Å². The molecule has 0 unspecified atom stereocenters. The van der Waals surface area contributed by atoms with Gasteiger partial charge in [0.15, 0.2) is 0 Å². The number of nitrogens with zero attached hydrogens (tertiary/aromatic N) is 3. The lowest BCUT2D eigenvalue weighted by Crippen LogP contribution is -2.31. The van der Waals surface area contributed by atoms with E-state index in [0.29, 0.717) is 12.0 Å². The van der Waals surface area contributed by atoms with Crippen LogP contribution in [0.1, 0.15) is 28.4 Å². The number of β-amino-alcohol motifs (C(OH)–C–C–N with tert-alkyl or cyclic N) is 1. The zero-order valence-corrected chi connectivity index (χ0v) is 11.6. The second kappa shape index (κ2) is 5.29. The summed E-state index contributed by atoms with van der Waals surface area (Å²) in [6, 6.07) is 5.80. The van der Waals surface area contributed by atoms with Gasteiger partial charge in [-0.2, -0.15) is 5.10 Å². The van der Waals surface area contributed by atoms with Gasteiger partial charge in [-0.1, -0.05) is 12.1 Å². The third-order valence-corrected chi connectivity index (χ3v) is 3.75. The van der Waals surface area contributed by atoms with E-state index in [9.17, 15) is 14.3 Å². The highest BCUT2D eigenvalue weighted by atomic mass is 19.1. The fourth-order valence-electron chi connectivity index (χ4n) is 2.74. The Balaban J connectivity index is 1.88. The van der Waals surface area contributed by atoms with Gasteiger partial charge in [0, 0.05) is 19.8 Å². The molecule has 1 aliphatic heterocycles. The first-order chi connectivity index (χ1) is 10.0. The molecule has 1 amide bonds. The van der Waals surface area contributed by atoms with Crippen molar-refractivity contribution < 1.29 is 14.3 Å². The Kier molecular flexibility index (Phi) is 3.47. The van der Waals surface area contributed by atoms with Gasteiger partial charge in [-0.15, -0.1) is 0 Å². The first-order valence-corrected chi connectivity index (χ1v) is 6.78. The van der Waals surface area contributed by atoms with Gasteiger partial charge in [-0.05, 0) is 24.1 Å². The van der Waals surface area contributed by atoms with Crippen LogP contribution >= 0.6 is 0 Å². The number of benzene rings is 1. The number of amides is 1. The van der Waals surface area contributed by atoms with Crippen LogP contribution in [0.15, 0.2) is 36.7 Å². The number of aryl methyl sites for hydroxylation is 1. The van der Waals surface area contributed by atoms with Gasteiger partial charge in [0.2, 0.25) is 0 Å². The lowest BCUT2D eigenvalue weighted by atomic mass is 10.0. The van der Waals surface area contributed by atoms with Crippen molar-refractivity contribution in [1.82, 2.24) is 14.7 Å². The van der Waals surface area contributed by atoms with Crippen molar-refractivity contribution in [3.8, 4) is 0 Å². The molecule has 0 radical (unpaired) electrons. The molecule has 1 aromatic carbocycles. The summed E-state index contributed by atoms with van der Waals surface area (Å²) in [5.41, 5.74) is 1.31. The number of rotatable bonds is 2. The molecule has 0 aliphatic carbocycles. The quantitative estimate of drug-likeness (QED) is 0.911. The van der Waals surface area contributed by atoms with Crippen molar-refractivity contribution in [2.45, 2.75) is 18.6 Å². The first kappa shape index (κ1) is 13.8. The summed E-state index contributed by atoms with van der Waals surface area (Å²) < 4.78 is 14.6. The van der Waals surface area contributed by atoms with Crippen molar-refractivity contribution >= 4 is 5.91 Å². The number of likely N-dealkylation sites (tertiary alicyclic amines) is 1. The Morgan fingerprint density at radius 3 is 2.71 bits per heavy atom. The van der Waals surface area contributed by atoms with E-state index in [-0.39, 0.29) is 24.3 Å². The van der Waals surface area contributed by atoms with Gasteiger partial charge < -0.3 is 10.0 Å². The summed E-state index contributed by atoms with van der Waals surface area (Å²) >= 11 is 0. The lowest BCUT2D eigenvalue weighted by Gasteiger charge is -2.24. The number of carbonyl (C=O) groups excluding carboxylic acids is 1. The Labute approximate surface area is 121 Å². The van der Waals surface area contributed by atoms with Crippen LogP contribution in [-0.4, -0.2) is 38.3 Å². The molecule has 2 aromatic rings. The Hall–Kier alpha value is -2.21. The number of hydrogen-bond donors (Lipinski definition) is 1. The van der Waals surface area contributed by atoms with Gasteiger partial charge in [0.1, 0.15) is 5.82 Å². The minimum atomic E-state index is -0.569. The summed E-state index contributed by atoms with van der Waals surface area (Å²) in [6.07, 6.45) is 3.04. The minimum absolute atomic E-state index is 0.172. The standard InChI is InChI=1S/C15H16FN3O2/c1-18-8-11(7-17-18)15(21)19-9-13(20)6-14(19)10-2-4-12(16)5-3-10/h2-5,7-8,13-14,20H,6,9H2,1H3/t13-,14-/m0/s1. The molecule has 21 heavy (non-hydrogen) atoms. The highest BCUT2D eigenvalue weighted by Gasteiger charge is 2.36. The highest BCUT2D eigenvalue weighted by molar-refractivity contribution is 5.94. The van der Waals surface area contributed by atoms with Crippen molar-refractivity contribution in [3.63, 3.8) is 0 Å². The number of hydrogen-bond acceptors (Lipinski definition) is 3. The number of carbonyl (C=O) groups is 1. The fraction of sp³-hybridized carbons (Fsp3) is 0.333. The molecule has 3 rings (SSSR count). The maximum absolute atomic E-state index is 13.0. The lowest BCUT2D eigenvalue weighted by molar-refractivity contribution is 0.0715. The summed E-state index contributed by atoms with van der Waals surface area (Å²) in [5, 5.41) is 13.9. The molecule has 1 saturated heterocycles. The van der Waals surface area contributed by atoms with Crippen LogP contribution in [0.25, 0.3) is 0 Å². The largest absolute Gasteiger partial charge is 0.391 e. The molecular formula is C15H16FN3O2. The van der Waals surface area contributed by atoms with Crippen LogP contribution in [0.2, 0.25) is 0 Å². The van der Waals surface area contributed by atoms with Crippen molar-refractivity contribution in [2.24, 2.45) is 7.05 Å². The molecule has 1 aromatic heterocycles. The van der Waals surface area contributed by atoms with Crippen molar-refractivity contribution in [1.29, 1.82) is 0 Å². The van der Waals surface area contributed by atoms with Crippen LogP contribution in [0.5, 0.6) is 0 Å². The SMILES string of the molecule is Cn1cc(C(=O)N2C[C@@H](O)C[C@H]2c2ccc(F)cc2)cn1. The Bertz CT molecular complexity index is 653. The summed E-state index contributed by atoms with van der Waals surface area (Å²) in [4.78, 5) is 14.2. The summed E-state index contributed by atoms with van der Waals surface area (Å²) in [6.45, 7) is 0.274. The Morgan fingerprint density at radius 1 is 1.38 bits per heavy atom. The molecule has 1 aliphatic rings. The average molecular weight is 289 g/mol. The average Bonchev–Trinajstić information content (AvgIpc) is 3.05. The van der Waals surface area contributed by atoms with E-state index in [1.807, 2.05) is 0 Å². The van der Waals surface area contributed by atoms with E-state index >= 15 is 0 Å². The van der Waals surface area contributed by atoms with Crippen LogP contribution in [0.4, 0.5) is 4.39 Å². The first-order valence-electron chi connectivity index (χ1n) is 6.78. The second-order valence-corrected chi connectivity index (χ2v) is 5.32. The molecule has 6 heteroatoms. The molecule has 110 valence electrons. The highest BCUT2D eigenvalue weighted by Crippen LogP contribution is 2.33. The number of aliphatic hydroxyl groups is 1. The minimum Gasteiger partial charge on any atom is -0.391 e. The molecule has 1 N–H and O–H groups in total. The molecule has 0 saturated carbocycles. The topological polar surface area (TPSA) is 58.4 Å². The number of aliphatic hydroxyl groups excluding tert-OH is 1. The van der Waals surface area contributed by atoms with Gasteiger partial charge >= 0.3 is 0 Å². The van der Waals surface area contributed by atoms with Crippen LogP contribution in [0, 0.1) is 5.82 Å². The second-order valence-electron chi connectivity index (χ2n) is 5.32. The predicted molar refractivity (Wildman–Crippen MR) is 74.0 cm³/mol. The molecule has 2 heterocycles. The fourth-order valence-corrected chi connectivity index (χ4v) is 2.74. The zero-order chi connectivity index (χ0) is 15.0. The molecule has 1 fully saturated rings. The number of aromatic nitrogens is 2. The Morgan fingerprint density at radius 2 is 2.10 bits per heavy atom. The van der Waals surface area contributed by atoms with Crippen molar-refractivity contribution in [3.05, 3.63) is 53.6 Å². The van der Waals surface area contributed by atoms with E-state index < -0.39 is 6.10 Å². The summed E-state index contributed by atoms with van der Waals surface area (Å²) in [5.74, 6) is -0.489. The van der Waals surface area contributed by atoms with Gasteiger partial charge in [-0.3, -0.25) is 9.48 Å². The van der Waals surface area contributed by atoms with E-state index in [1.165, 1.54) is 18.3 Å². The summed E-state index contributed by atoms with van der Waals surface area (Å²) in [7, 11) is 1.74. The smallest absolute Gasteiger partial charge is 0.257 e. The third kappa shape index (κ3) is 2.67. The maximum atomic E-state index is 13.0. The van der Waals surface area contributed by atoms with Gasteiger partial charge in [0.05, 0.1) is 23.9 Å². The van der Waals surface area contributed by atoms with Crippen LogP contribution < -0.4 is 0 Å². The monoisotopic (exact) mass is 289 g/mol. The number of halogens is 1. The molecular weight excluding hydrogens is 273 g/mol. The van der Waals surface area contributed by atoms with E-state index in [0.717, 1.165) is 5.56 Å². The van der Waals surface area contributed by atoms with Gasteiger partial charge in [-0.25, -0.2) is 4.39 Å². The van der Waals surface area contributed by atoms with Gasteiger partial charge in [0.25, 0.3) is 5.91 Å². The zero-order valence-electron chi connectivity index (χ0n) is 11.6. The van der Waals surface area contributed by atoms with Crippen LogP contribution in [0.3, 0.4) is 0 Å². The van der Waals surface area contributed by atoms with Crippen molar-refractivity contribution in [2.75, 3.05) is 6.54 Å².